The molecular formula is C11H10F3N3O4. The van der Waals surface area contributed by atoms with Crippen LogP contribution in [0.4, 0.5) is 29.3 Å². The highest BCUT2D eigenvalue weighted by Gasteiger charge is 2.41. The first-order valence-electron chi connectivity index (χ1n) is 5.76. The van der Waals surface area contributed by atoms with Crippen LogP contribution < -0.4 is 10.2 Å². The Hall–Kier alpha value is -2.36. The van der Waals surface area contributed by atoms with Gasteiger partial charge in [0.15, 0.2) is 6.23 Å². The third kappa shape index (κ3) is 2.61. The number of nitrogens with zero attached hydrogens (tertiary/aromatic N) is 2. The summed E-state index contributed by atoms with van der Waals surface area (Å²) in [4.78, 5) is 21.8. The van der Waals surface area contributed by atoms with E-state index in [2.05, 4.69) is 5.32 Å². The fraction of sp³-hybridized carbons (Fsp3) is 0.364. The predicted molar refractivity (Wildman–Crippen MR) is 64.6 cm³/mol. The van der Waals surface area contributed by atoms with Crippen molar-refractivity contribution in [3.8, 4) is 0 Å². The number of benzene rings is 1. The van der Waals surface area contributed by atoms with Gasteiger partial charge in [0.1, 0.15) is 5.56 Å². The summed E-state index contributed by atoms with van der Waals surface area (Å²) in [5, 5.41) is 22.8. The van der Waals surface area contributed by atoms with Crippen LogP contribution >= 0.6 is 0 Å². The molecule has 2 amide bonds. The van der Waals surface area contributed by atoms with Crippen LogP contribution in [0.5, 0.6) is 0 Å². The lowest BCUT2D eigenvalue weighted by Crippen LogP contribution is -2.35. The van der Waals surface area contributed by atoms with Crippen molar-refractivity contribution in [3.63, 3.8) is 0 Å². The van der Waals surface area contributed by atoms with E-state index in [0.29, 0.717) is 17.0 Å². The van der Waals surface area contributed by atoms with Gasteiger partial charge in [0, 0.05) is 11.8 Å². The van der Waals surface area contributed by atoms with Crippen molar-refractivity contribution in [1.82, 2.24) is 5.32 Å². The maximum atomic E-state index is 12.9. The van der Waals surface area contributed by atoms with Crippen molar-refractivity contribution in [3.05, 3.63) is 33.9 Å². The SMILES string of the molecule is CC1NC(=O)N(c2ccc([N+](=O)[O-])c(C(F)(F)F)c2)C1O. The Labute approximate surface area is 116 Å². The molecule has 0 bridgehead atoms. The fourth-order valence-electron chi connectivity index (χ4n) is 2.01. The van der Waals surface area contributed by atoms with Gasteiger partial charge >= 0.3 is 12.2 Å². The van der Waals surface area contributed by atoms with Gasteiger partial charge in [-0.1, -0.05) is 0 Å². The summed E-state index contributed by atoms with van der Waals surface area (Å²) in [6.07, 6.45) is -6.31. The molecule has 1 aromatic carbocycles. The third-order valence-electron chi connectivity index (χ3n) is 3.04. The summed E-state index contributed by atoms with van der Waals surface area (Å²) in [5.74, 6) is 0. The van der Waals surface area contributed by atoms with Crippen molar-refractivity contribution >= 4 is 17.4 Å². The number of nitro benzene ring substituents is 1. The number of carbonyl (C=O) groups excluding carboxylic acids is 1. The van der Waals surface area contributed by atoms with Crippen LogP contribution in [0.1, 0.15) is 12.5 Å². The summed E-state index contributed by atoms with van der Waals surface area (Å²) in [7, 11) is 0. The monoisotopic (exact) mass is 305 g/mol. The van der Waals surface area contributed by atoms with Crippen molar-refractivity contribution < 1.29 is 28.0 Å². The van der Waals surface area contributed by atoms with Crippen LogP contribution in [0.25, 0.3) is 0 Å². The maximum absolute atomic E-state index is 12.9. The van der Waals surface area contributed by atoms with Crippen LogP contribution in [0, 0.1) is 10.1 Å². The molecule has 21 heavy (non-hydrogen) atoms. The molecule has 0 aromatic heterocycles. The van der Waals surface area contributed by atoms with E-state index in [-0.39, 0.29) is 5.69 Å². The number of rotatable bonds is 2. The molecule has 0 aliphatic carbocycles. The van der Waals surface area contributed by atoms with Crippen molar-refractivity contribution in [1.29, 1.82) is 0 Å². The molecule has 10 heteroatoms. The summed E-state index contributed by atoms with van der Waals surface area (Å²) in [6, 6.07) is 0.646. The van der Waals surface area contributed by atoms with Gasteiger partial charge in [-0.15, -0.1) is 0 Å². The number of hydrogen-bond donors (Lipinski definition) is 2. The molecule has 2 N–H and O–H groups in total. The van der Waals surface area contributed by atoms with E-state index in [9.17, 15) is 33.2 Å². The number of nitrogens with one attached hydrogen (secondary N) is 1. The Bertz CT molecular complexity index is 605. The number of nitro groups is 1. The van der Waals surface area contributed by atoms with Crippen molar-refractivity contribution in [2.75, 3.05) is 4.90 Å². The van der Waals surface area contributed by atoms with Gasteiger partial charge in [-0.25, -0.2) is 4.79 Å². The van der Waals surface area contributed by atoms with E-state index < -0.39 is 40.7 Å². The molecule has 0 saturated carbocycles. The second-order valence-electron chi connectivity index (χ2n) is 4.48. The summed E-state index contributed by atoms with van der Waals surface area (Å²) >= 11 is 0. The Balaban J connectivity index is 2.53. The minimum Gasteiger partial charge on any atom is -0.371 e. The first-order chi connectivity index (χ1) is 9.62. The van der Waals surface area contributed by atoms with Crippen LogP contribution in [-0.4, -0.2) is 28.3 Å². The molecule has 1 aromatic rings. The number of hydrogen-bond acceptors (Lipinski definition) is 4. The third-order valence-corrected chi connectivity index (χ3v) is 3.04. The lowest BCUT2D eigenvalue weighted by atomic mass is 10.1. The molecule has 0 radical (unpaired) electrons. The van der Waals surface area contributed by atoms with Crippen LogP contribution in [0.15, 0.2) is 18.2 Å². The topological polar surface area (TPSA) is 95.7 Å². The number of urea groups is 1. The maximum Gasteiger partial charge on any atom is 0.423 e. The number of aliphatic hydroxyl groups excluding tert-OH is 1. The number of anilines is 1. The highest BCUT2D eigenvalue weighted by molar-refractivity contribution is 5.95. The van der Waals surface area contributed by atoms with Gasteiger partial charge in [0.05, 0.1) is 11.0 Å². The molecular weight excluding hydrogens is 295 g/mol. The molecule has 2 rings (SSSR count). The average Bonchev–Trinajstić information content (AvgIpc) is 2.61. The van der Waals surface area contributed by atoms with Gasteiger partial charge in [-0.3, -0.25) is 15.0 Å². The standard InChI is InChI=1S/C11H10F3N3O4/c1-5-9(18)16(10(19)15-5)6-2-3-8(17(20)21)7(4-6)11(12,13)14/h2-5,9,18H,1H3,(H,15,19). The number of amides is 2. The smallest absolute Gasteiger partial charge is 0.371 e. The van der Waals surface area contributed by atoms with E-state index in [0.717, 1.165) is 6.07 Å². The molecule has 1 fully saturated rings. The fourth-order valence-corrected chi connectivity index (χ4v) is 2.01. The number of aliphatic hydroxyl groups is 1. The lowest BCUT2D eigenvalue weighted by molar-refractivity contribution is -0.388. The van der Waals surface area contributed by atoms with Crippen LogP contribution in [0.2, 0.25) is 0 Å². The van der Waals surface area contributed by atoms with Gasteiger partial charge in [-0.05, 0) is 19.1 Å². The van der Waals surface area contributed by atoms with Gasteiger partial charge in [-0.2, -0.15) is 13.2 Å². The van der Waals surface area contributed by atoms with E-state index in [1.807, 2.05) is 0 Å². The predicted octanol–water partition coefficient (Wildman–Crippen LogP) is 1.85. The van der Waals surface area contributed by atoms with E-state index in [1.54, 1.807) is 0 Å². The van der Waals surface area contributed by atoms with E-state index in [4.69, 9.17) is 0 Å². The van der Waals surface area contributed by atoms with E-state index >= 15 is 0 Å². The van der Waals surface area contributed by atoms with Gasteiger partial charge < -0.3 is 10.4 Å². The Morgan fingerprint density at radius 1 is 1.43 bits per heavy atom. The highest BCUT2D eigenvalue weighted by Crippen LogP contribution is 2.39. The summed E-state index contributed by atoms with van der Waals surface area (Å²) in [5.41, 5.74) is -2.87. The minimum atomic E-state index is -4.95. The van der Waals surface area contributed by atoms with Crippen LogP contribution in [-0.2, 0) is 6.18 Å². The molecule has 1 aliphatic heterocycles. The summed E-state index contributed by atoms with van der Waals surface area (Å²) in [6.45, 7) is 1.47. The number of carbonyl (C=O) groups is 1. The average molecular weight is 305 g/mol. The highest BCUT2D eigenvalue weighted by atomic mass is 19.4. The number of alkyl halides is 3. The first kappa shape index (κ1) is 15.0. The molecule has 1 aliphatic rings. The first-order valence-corrected chi connectivity index (χ1v) is 5.76. The summed E-state index contributed by atoms with van der Waals surface area (Å²) < 4.78 is 38.6. The molecule has 0 spiro atoms. The largest absolute Gasteiger partial charge is 0.423 e. The second-order valence-corrected chi connectivity index (χ2v) is 4.48. The lowest BCUT2D eigenvalue weighted by Gasteiger charge is -2.21. The minimum absolute atomic E-state index is 0.276. The Morgan fingerprint density at radius 3 is 2.48 bits per heavy atom. The molecule has 114 valence electrons. The van der Waals surface area contributed by atoms with Crippen molar-refractivity contribution in [2.24, 2.45) is 0 Å². The molecule has 1 heterocycles. The zero-order chi connectivity index (χ0) is 15.9. The Morgan fingerprint density at radius 2 is 2.05 bits per heavy atom. The van der Waals surface area contributed by atoms with Gasteiger partial charge in [0.25, 0.3) is 5.69 Å². The molecule has 1 saturated heterocycles. The van der Waals surface area contributed by atoms with E-state index in [1.165, 1.54) is 6.92 Å². The number of halogens is 3. The van der Waals surface area contributed by atoms with Crippen LogP contribution in [0.3, 0.4) is 0 Å². The van der Waals surface area contributed by atoms with Gasteiger partial charge in [0.2, 0.25) is 0 Å². The Kier molecular flexibility index (Phi) is 3.49. The quantitative estimate of drug-likeness (QED) is 0.644. The van der Waals surface area contributed by atoms with Crippen molar-refractivity contribution in [2.45, 2.75) is 25.4 Å². The normalized spacial score (nSPS) is 22.3. The molecule has 2 unspecified atom stereocenters. The zero-order valence-electron chi connectivity index (χ0n) is 10.6. The molecule has 2 atom stereocenters. The zero-order valence-corrected chi connectivity index (χ0v) is 10.6. The molecule has 7 nitrogen and oxygen atoms in total. The second kappa shape index (κ2) is 4.88.